The Morgan fingerprint density at radius 1 is 1.23 bits per heavy atom. The van der Waals surface area contributed by atoms with Crippen molar-refractivity contribution >= 4 is 29.4 Å². The van der Waals surface area contributed by atoms with Crippen LogP contribution >= 0.6 is 0 Å². The second-order valence-corrected chi connectivity index (χ2v) is 7.48. The van der Waals surface area contributed by atoms with Gasteiger partial charge in [0.2, 0.25) is 0 Å². The van der Waals surface area contributed by atoms with Crippen LogP contribution in [0, 0.1) is 0 Å². The van der Waals surface area contributed by atoms with Crippen molar-refractivity contribution in [2.75, 3.05) is 35.3 Å². The van der Waals surface area contributed by atoms with Crippen molar-refractivity contribution in [2.24, 2.45) is 4.99 Å². The van der Waals surface area contributed by atoms with Gasteiger partial charge in [0, 0.05) is 38.1 Å². The van der Waals surface area contributed by atoms with Gasteiger partial charge in [0.25, 0.3) is 0 Å². The zero-order chi connectivity index (χ0) is 20.5. The molecule has 0 aliphatic carbocycles. The minimum atomic E-state index is -0.174. The number of nitrogens with one attached hydrogen (secondary N) is 1. The molecule has 0 radical (unpaired) electrons. The number of nitrogens with zero attached hydrogens (tertiary/aromatic N) is 5. The maximum Gasteiger partial charge on any atom is 0.327 e. The number of aliphatic imine (C=N–C) groups is 1. The highest BCUT2D eigenvalue weighted by Crippen LogP contribution is 2.40. The van der Waals surface area contributed by atoms with Gasteiger partial charge in [-0.3, -0.25) is 14.9 Å². The van der Waals surface area contributed by atoms with Gasteiger partial charge in [0.1, 0.15) is 0 Å². The smallest absolute Gasteiger partial charge is 0.327 e. The number of hydrogen-bond donors (Lipinski definition) is 1. The summed E-state index contributed by atoms with van der Waals surface area (Å²) in [5.74, 6) is 0.706. The van der Waals surface area contributed by atoms with Crippen LogP contribution in [0.4, 0.5) is 22.0 Å². The summed E-state index contributed by atoms with van der Waals surface area (Å²) in [5, 5.41) is 2.97. The van der Waals surface area contributed by atoms with E-state index in [2.05, 4.69) is 32.3 Å². The molecular formula is C23H22N6O. The van der Waals surface area contributed by atoms with E-state index in [1.807, 2.05) is 41.4 Å². The highest BCUT2D eigenvalue weighted by atomic mass is 16.2. The quantitative estimate of drug-likeness (QED) is 0.681. The minimum absolute atomic E-state index is 0.107. The Bertz CT molecular complexity index is 1110. The lowest BCUT2D eigenvalue weighted by molar-refractivity contribution is 0.255. The fraction of sp³-hybridized carbons (Fsp3) is 0.217. The third kappa shape index (κ3) is 3.28. The summed E-state index contributed by atoms with van der Waals surface area (Å²) < 4.78 is 0. The molecule has 5 rings (SSSR count). The molecule has 1 N–H and O–H groups in total. The number of fused-ring (bicyclic) bond motifs is 4. The van der Waals surface area contributed by atoms with Crippen molar-refractivity contribution in [3.8, 4) is 11.3 Å². The number of anilines is 3. The molecule has 1 fully saturated rings. The van der Waals surface area contributed by atoms with Crippen molar-refractivity contribution in [1.29, 1.82) is 0 Å². The van der Waals surface area contributed by atoms with Gasteiger partial charge in [-0.05, 0) is 42.3 Å². The number of aromatic nitrogens is 2. The molecule has 0 saturated carbocycles. The first-order valence-corrected chi connectivity index (χ1v) is 10.0. The summed E-state index contributed by atoms with van der Waals surface area (Å²) in [6.07, 6.45) is 6.08. The summed E-state index contributed by atoms with van der Waals surface area (Å²) in [6.45, 7) is 1.76. The van der Waals surface area contributed by atoms with E-state index in [0.717, 1.165) is 42.0 Å². The molecule has 0 spiro atoms. The average Bonchev–Trinajstić information content (AvgIpc) is 3.19. The van der Waals surface area contributed by atoms with Crippen LogP contribution in [0.5, 0.6) is 0 Å². The molecule has 2 aliphatic heterocycles. The summed E-state index contributed by atoms with van der Waals surface area (Å²) in [6, 6.07) is 15.8. The molecule has 2 bridgehead atoms. The minimum Gasteiger partial charge on any atom is -0.366 e. The molecule has 150 valence electrons. The fourth-order valence-electron chi connectivity index (χ4n) is 4.18. The van der Waals surface area contributed by atoms with Gasteiger partial charge in [0.15, 0.2) is 5.82 Å². The van der Waals surface area contributed by atoms with Crippen molar-refractivity contribution in [1.82, 2.24) is 9.97 Å². The van der Waals surface area contributed by atoms with Crippen LogP contribution in [0.2, 0.25) is 0 Å². The number of carbonyl (C=O) groups excluding carboxylic acids is 1. The van der Waals surface area contributed by atoms with Crippen LogP contribution < -0.4 is 15.1 Å². The molecule has 4 heterocycles. The molecule has 1 aromatic carbocycles. The molecule has 1 atom stereocenters. The standard InChI is InChI=1S/C23H22N6O/c1-24-13-16-4-2-5-17(12-16)20-7-8-21-22(27-20)29(19-9-11-28(21)15-19)23(30)26-18-6-3-10-25-14-18/h2-8,10,12-14,19H,9,11,15H2,1H3,(H,26,30)/t19-/m0/s1. The van der Waals surface area contributed by atoms with Gasteiger partial charge in [-0.25, -0.2) is 9.78 Å². The number of urea groups is 1. The summed E-state index contributed by atoms with van der Waals surface area (Å²) in [4.78, 5) is 30.5. The number of amides is 2. The normalized spacial score (nSPS) is 17.3. The Labute approximate surface area is 175 Å². The lowest BCUT2D eigenvalue weighted by Crippen LogP contribution is -2.48. The Hall–Kier alpha value is -3.74. The fourth-order valence-corrected chi connectivity index (χ4v) is 4.18. The number of benzene rings is 1. The Morgan fingerprint density at radius 3 is 3.00 bits per heavy atom. The molecule has 0 unspecified atom stereocenters. The number of pyridine rings is 2. The predicted molar refractivity (Wildman–Crippen MR) is 120 cm³/mol. The van der Waals surface area contributed by atoms with Crippen molar-refractivity contribution in [2.45, 2.75) is 12.5 Å². The SMILES string of the molecule is CN=Cc1cccc(-c2ccc3c(n2)N(C(=O)Nc2cccnc2)[C@H]2CCN3C2)c1. The molecule has 30 heavy (non-hydrogen) atoms. The van der Waals surface area contributed by atoms with Crippen LogP contribution in [0.1, 0.15) is 12.0 Å². The third-order valence-electron chi connectivity index (χ3n) is 5.54. The molecule has 7 heteroatoms. The van der Waals surface area contributed by atoms with Crippen LogP contribution in [-0.2, 0) is 0 Å². The number of hydrogen-bond acceptors (Lipinski definition) is 5. The summed E-state index contributed by atoms with van der Waals surface area (Å²) >= 11 is 0. The van der Waals surface area contributed by atoms with Gasteiger partial charge in [0.05, 0.1) is 29.3 Å². The van der Waals surface area contributed by atoms with E-state index in [0.29, 0.717) is 11.5 Å². The molecule has 7 nitrogen and oxygen atoms in total. The van der Waals surface area contributed by atoms with Crippen LogP contribution in [0.3, 0.4) is 0 Å². The van der Waals surface area contributed by atoms with E-state index in [1.165, 1.54) is 0 Å². The molecule has 3 aromatic rings. The highest BCUT2D eigenvalue weighted by Gasteiger charge is 2.40. The van der Waals surface area contributed by atoms with Crippen molar-refractivity contribution in [3.05, 3.63) is 66.5 Å². The molecule has 2 aromatic heterocycles. The maximum atomic E-state index is 13.2. The van der Waals surface area contributed by atoms with E-state index in [9.17, 15) is 4.79 Å². The van der Waals surface area contributed by atoms with Gasteiger partial charge in [-0.15, -0.1) is 0 Å². The van der Waals surface area contributed by atoms with Crippen molar-refractivity contribution < 1.29 is 4.79 Å². The first-order valence-electron chi connectivity index (χ1n) is 10.0. The first-order chi connectivity index (χ1) is 14.7. The maximum absolute atomic E-state index is 13.2. The predicted octanol–water partition coefficient (Wildman–Crippen LogP) is 3.82. The zero-order valence-corrected chi connectivity index (χ0v) is 16.7. The van der Waals surface area contributed by atoms with Gasteiger partial charge < -0.3 is 10.2 Å². The van der Waals surface area contributed by atoms with Crippen molar-refractivity contribution in [3.63, 3.8) is 0 Å². The zero-order valence-electron chi connectivity index (χ0n) is 16.7. The second kappa shape index (κ2) is 7.59. The number of rotatable bonds is 3. The molecule has 1 saturated heterocycles. The first kappa shape index (κ1) is 18.3. The lowest BCUT2D eigenvalue weighted by Gasteiger charge is -2.35. The average molecular weight is 398 g/mol. The Morgan fingerprint density at radius 2 is 2.17 bits per heavy atom. The van der Waals surface area contributed by atoms with Crippen LogP contribution in [0.25, 0.3) is 11.3 Å². The summed E-state index contributed by atoms with van der Waals surface area (Å²) in [5.41, 5.74) is 4.52. The summed E-state index contributed by atoms with van der Waals surface area (Å²) in [7, 11) is 1.76. The van der Waals surface area contributed by atoms with E-state index in [4.69, 9.17) is 4.98 Å². The number of carbonyl (C=O) groups is 1. The van der Waals surface area contributed by atoms with E-state index >= 15 is 0 Å². The highest BCUT2D eigenvalue weighted by molar-refractivity contribution is 6.04. The Balaban J connectivity index is 1.53. The Kier molecular flexibility index (Phi) is 4.63. The van der Waals surface area contributed by atoms with Crippen LogP contribution in [-0.4, -0.2) is 48.4 Å². The second-order valence-electron chi connectivity index (χ2n) is 7.48. The molecule has 2 aliphatic rings. The topological polar surface area (TPSA) is 73.7 Å². The monoisotopic (exact) mass is 398 g/mol. The third-order valence-corrected chi connectivity index (χ3v) is 5.54. The lowest BCUT2D eigenvalue weighted by atomic mass is 10.1. The van der Waals surface area contributed by atoms with E-state index in [-0.39, 0.29) is 12.1 Å². The van der Waals surface area contributed by atoms with Crippen LogP contribution in [0.15, 0.2) is 65.9 Å². The van der Waals surface area contributed by atoms with Gasteiger partial charge in [-0.2, -0.15) is 0 Å². The van der Waals surface area contributed by atoms with Gasteiger partial charge >= 0.3 is 6.03 Å². The van der Waals surface area contributed by atoms with E-state index < -0.39 is 0 Å². The largest absolute Gasteiger partial charge is 0.366 e. The van der Waals surface area contributed by atoms with E-state index in [1.54, 1.807) is 25.5 Å². The molecular weight excluding hydrogens is 376 g/mol. The molecule has 2 amide bonds. The van der Waals surface area contributed by atoms with Gasteiger partial charge in [-0.1, -0.05) is 18.2 Å².